The van der Waals surface area contributed by atoms with Crippen molar-refractivity contribution in [1.29, 1.82) is 5.26 Å². The number of furan rings is 1. The minimum Gasteiger partial charge on any atom is -0.457 e. The van der Waals surface area contributed by atoms with Gasteiger partial charge in [-0.1, -0.05) is 41.4 Å². The van der Waals surface area contributed by atoms with Gasteiger partial charge in [0.25, 0.3) is 5.91 Å². The lowest BCUT2D eigenvalue weighted by molar-refractivity contribution is -0.114. The number of hydrogen-bond acceptors (Lipinski definition) is 5. The quantitative estimate of drug-likeness (QED) is 0.329. The number of amides is 1. The lowest BCUT2D eigenvalue weighted by atomic mass is 10.1. The molecule has 0 saturated carbocycles. The minimum absolute atomic E-state index is 0.00118. The topological polar surface area (TPSA) is 106 Å². The Kier molecular flexibility index (Phi) is 6.58. The first-order valence-corrected chi connectivity index (χ1v) is 9.36. The Balaban J connectivity index is 1.82. The molecule has 6 nitrogen and oxygen atoms in total. The lowest BCUT2D eigenvalue weighted by Crippen LogP contribution is -2.12. The van der Waals surface area contributed by atoms with Crippen LogP contribution in [0.2, 0.25) is 10.0 Å². The van der Waals surface area contributed by atoms with Crippen LogP contribution in [0.5, 0.6) is 0 Å². The molecular weight excluding hydrogens is 427 g/mol. The third-order valence-corrected chi connectivity index (χ3v) is 4.79. The molecule has 30 heavy (non-hydrogen) atoms. The first kappa shape index (κ1) is 21.2. The molecule has 1 amide bonds. The zero-order chi connectivity index (χ0) is 21.7. The Morgan fingerprint density at radius 2 is 1.87 bits per heavy atom. The van der Waals surface area contributed by atoms with Crippen molar-refractivity contribution in [3.05, 3.63) is 87.1 Å². The maximum absolute atomic E-state index is 12.5. The van der Waals surface area contributed by atoms with Crippen molar-refractivity contribution in [1.82, 2.24) is 0 Å². The van der Waals surface area contributed by atoms with E-state index in [1.165, 1.54) is 12.1 Å². The minimum atomic E-state index is -0.856. The molecule has 0 radical (unpaired) electrons. The van der Waals surface area contributed by atoms with Crippen LogP contribution < -0.4 is 5.73 Å². The van der Waals surface area contributed by atoms with Crippen molar-refractivity contribution in [2.75, 3.05) is 0 Å². The Bertz CT molecular complexity index is 1190. The van der Waals surface area contributed by atoms with Gasteiger partial charge in [0.15, 0.2) is 0 Å². The van der Waals surface area contributed by atoms with Crippen molar-refractivity contribution >= 4 is 41.2 Å². The number of nitriles is 1. The number of carbonyl (C=O) groups excluding carboxylic acids is 2. The van der Waals surface area contributed by atoms with Crippen molar-refractivity contribution in [3.8, 4) is 17.4 Å². The van der Waals surface area contributed by atoms with E-state index < -0.39 is 11.9 Å². The van der Waals surface area contributed by atoms with Crippen LogP contribution in [-0.4, -0.2) is 11.9 Å². The monoisotopic (exact) mass is 440 g/mol. The standard InChI is InChI=1S/C22H14Cl2N2O4/c23-18-4-2-1-3-14(18)12-29-22(28)17-10-13(5-7-19(17)24)20-8-6-16(30-20)9-15(11-25)21(26)27/h1-10H,12H2,(H2,26,27)/b15-9-. The number of halogens is 2. The number of benzene rings is 2. The van der Waals surface area contributed by atoms with Crippen LogP contribution in [0.1, 0.15) is 21.7 Å². The molecule has 0 aliphatic carbocycles. The molecule has 1 aromatic heterocycles. The van der Waals surface area contributed by atoms with E-state index in [0.717, 1.165) is 0 Å². The number of esters is 1. The number of nitrogens with two attached hydrogens (primary N) is 1. The van der Waals surface area contributed by atoms with E-state index in [-0.39, 0.29) is 28.5 Å². The number of carbonyl (C=O) groups is 2. The fraction of sp³-hybridized carbons (Fsp3) is 0.0455. The van der Waals surface area contributed by atoms with Crippen molar-refractivity contribution in [2.45, 2.75) is 6.61 Å². The van der Waals surface area contributed by atoms with Gasteiger partial charge in [-0.2, -0.15) is 5.26 Å². The molecule has 1 heterocycles. The van der Waals surface area contributed by atoms with E-state index in [1.54, 1.807) is 54.6 Å². The molecule has 8 heteroatoms. The number of ether oxygens (including phenoxy) is 1. The Morgan fingerprint density at radius 1 is 1.10 bits per heavy atom. The van der Waals surface area contributed by atoms with Gasteiger partial charge in [-0.15, -0.1) is 0 Å². The van der Waals surface area contributed by atoms with E-state index in [9.17, 15) is 9.59 Å². The van der Waals surface area contributed by atoms with Gasteiger partial charge in [0, 0.05) is 22.2 Å². The van der Waals surface area contributed by atoms with Gasteiger partial charge in [0.2, 0.25) is 0 Å². The molecule has 0 unspecified atom stereocenters. The second-order valence-electron chi connectivity index (χ2n) is 6.10. The Hall–Kier alpha value is -3.53. The predicted molar refractivity (Wildman–Crippen MR) is 113 cm³/mol. The Morgan fingerprint density at radius 3 is 2.57 bits per heavy atom. The van der Waals surface area contributed by atoms with Gasteiger partial charge < -0.3 is 14.9 Å². The summed E-state index contributed by atoms with van der Waals surface area (Å²) in [6.07, 6.45) is 1.24. The van der Waals surface area contributed by atoms with Crippen LogP contribution in [-0.2, 0) is 16.1 Å². The largest absolute Gasteiger partial charge is 0.457 e. The average molecular weight is 441 g/mol. The van der Waals surface area contributed by atoms with Crippen molar-refractivity contribution in [3.63, 3.8) is 0 Å². The molecule has 0 fully saturated rings. The molecule has 2 N–H and O–H groups in total. The molecule has 0 aliphatic rings. The molecule has 0 spiro atoms. The molecule has 150 valence electrons. The highest BCUT2D eigenvalue weighted by Gasteiger charge is 2.16. The highest BCUT2D eigenvalue weighted by Crippen LogP contribution is 2.28. The summed E-state index contributed by atoms with van der Waals surface area (Å²) in [7, 11) is 0. The molecular formula is C22H14Cl2N2O4. The summed E-state index contributed by atoms with van der Waals surface area (Å²) >= 11 is 12.2. The zero-order valence-corrected chi connectivity index (χ0v) is 16.9. The SMILES string of the molecule is N#C/C(=C/c1ccc(-c2ccc(Cl)c(C(=O)OCc3ccccc3Cl)c2)o1)C(N)=O. The molecule has 0 aliphatic heterocycles. The summed E-state index contributed by atoms with van der Waals surface area (Å²) in [6, 6.07) is 16.7. The summed E-state index contributed by atoms with van der Waals surface area (Å²) in [5, 5.41) is 9.64. The van der Waals surface area contributed by atoms with Gasteiger partial charge in [-0.05, 0) is 36.4 Å². The number of rotatable bonds is 6. The summed E-state index contributed by atoms with van der Waals surface area (Å²) in [5.41, 5.74) is 6.26. The fourth-order valence-corrected chi connectivity index (χ4v) is 2.94. The first-order chi connectivity index (χ1) is 14.4. The van der Waals surface area contributed by atoms with E-state index >= 15 is 0 Å². The van der Waals surface area contributed by atoms with Crippen LogP contribution in [0.25, 0.3) is 17.4 Å². The van der Waals surface area contributed by atoms with Crippen molar-refractivity contribution < 1.29 is 18.7 Å². The van der Waals surface area contributed by atoms with Crippen LogP contribution in [0.15, 0.2) is 64.6 Å². The number of hydrogen-bond donors (Lipinski definition) is 1. The van der Waals surface area contributed by atoms with E-state index in [0.29, 0.717) is 21.9 Å². The van der Waals surface area contributed by atoms with E-state index in [1.807, 2.05) is 0 Å². The molecule has 0 bridgehead atoms. The summed E-state index contributed by atoms with van der Waals surface area (Å²) in [4.78, 5) is 23.7. The molecule has 3 aromatic rings. The third kappa shape index (κ3) is 4.90. The van der Waals surface area contributed by atoms with Gasteiger partial charge in [0.05, 0.1) is 10.6 Å². The Labute approximate surface area is 182 Å². The van der Waals surface area contributed by atoms with E-state index in [2.05, 4.69) is 0 Å². The van der Waals surface area contributed by atoms with Crippen molar-refractivity contribution in [2.24, 2.45) is 5.73 Å². The highest BCUT2D eigenvalue weighted by molar-refractivity contribution is 6.33. The van der Waals surface area contributed by atoms with Gasteiger partial charge >= 0.3 is 5.97 Å². The van der Waals surface area contributed by atoms with Crippen LogP contribution in [0, 0.1) is 11.3 Å². The first-order valence-electron chi connectivity index (χ1n) is 8.61. The number of primary amides is 1. The van der Waals surface area contributed by atoms with Gasteiger partial charge in [-0.25, -0.2) is 4.79 Å². The maximum atomic E-state index is 12.5. The second-order valence-corrected chi connectivity index (χ2v) is 6.91. The predicted octanol–water partition coefficient (Wildman–Crippen LogP) is 5.00. The highest BCUT2D eigenvalue weighted by atomic mass is 35.5. The van der Waals surface area contributed by atoms with Crippen LogP contribution in [0.4, 0.5) is 0 Å². The molecule has 2 aromatic carbocycles. The van der Waals surface area contributed by atoms with E-state index in [4.69, 9.17) is 43.4 Å². The second kappa shape index (κ2) is 9.31. The zero-order valence-electron chi connectivity index (χ0n) is 15.4. The summed E-state index contributed by atoms with van der Waals surface area (Å²) in [6.45, 7) is -0.00118. The smallest absolute Gasteiger partial charge is 0.340 e. The molecule has 3 rings (SSSR count). The molecule has 0 saturated heterocycles. The third-order valence-electron chi connectivity index (χ3n) is 4.09. The van der Waals surface area contributed by atoms with Crippen LogP contribution in [0.3, 0.4) is 0 Å². The number of nitrogens with zero attached hydrogens (tertiary/aromatic N) is 1. The average Bonchev–Trinajstić information content (AvgIpc) is 3.20. The van der Waals surface area contributed by atoms with Gasteiger partial charge in [0.1, 0.15) is 29.8 Å². The summed E-state index contributed by atoms with van der Waals surface area (Å²) < 4.78 is 11.0. The maximum Gasteiger partial charge on any atom is 0.340 e. The lowest BCUT2D eigenvalue weighted by Gasteiger charge is -2.09. The normalized spacial score (nSPS) is 11.0. The fourth-order valence-electron chi connectivity index (χ4n) is 2.56. The van der Waals surface area contributed by atoms with Gasteiger partial charge in [-0.3, -0.25) is 4.79 Å². The molecule has 0 atom stereocenters. The summed E-state index contributed by atoms with van der Waals surface area (Å²) in [5.74, 6) is -0.808. The van der Waals surface area contributed by atoms with Crippen LogP contribution >= 0.6 is 23.2 Å².